The van der Waals surface area contributed by atoms with Crippen molar-refractivity contribution in [2.24, 2.45) is 0 Å². The number of hydrogen-bond acceptors (Lipinski definition) is 5. The molecule has 9 heteroatoms. The maximum absolute atomic E-state index is 12.8. The van der Waals surface area contributed by atoms with Crippen LogP contribution in [0.1, 0.15) is 17.2 Å². The van der Waals surface area contributed by atoms with Gasteiger partial charge in [0.1, 0.15) is 11.3 Å². The van der Waals surface area contributed by atoms with Gasteiger partial charge in [-0.25, -0.2) is 4.98 Å². The number of nitrogens with zero attached hydrogens (tertiary/aromatic N) is 2. The minimum Gasteiger partial charge on any atom is -0.444 e. The summed E-state index contributed by atoms with van der Waals surface area (Å²) in [6, 6.07) is 2.70. The van der Waals surface area contributed by atoms with Crippen molar-refractivity contribution < 1.29 is 22.5 Å². The molecule has 0 amide bonds. The van der Waals surface area contributed by atoms with Gasteiger partial charge in [-0.1, -0.05) is 0 Å². The number of aromatic nitrogens is 1. The van der Waals surface area contributed by atoms with Crippen LogP contribution in [0.25, 0.3) is 0 Å². The lowest BCUT2D eigenvalue weighted by molar-refractivity contribution is -0.388. The van der Waals surface area contributed by atoms with E-state index < -0.39 is 22.4 Å². The molecule has 1 aromatic heterocycles. The lowest BCUT2D eigenvalue weighted by atomic mass is 10.1. The number of alkyl halides is 3. The Kier molecular flexibility index (Phi) is 3.83. The molecule has 0 fully saturated rings. The van der Waals surface area contributed by atoms with Crippen molar-refractivity contribution in [1.29, 1.82) is 0 Å². The van der Waals surface area contributed by atoms with E-state index >= 15 is 0 Å². The van der Waals surface area contributed by atoms with Crippen molar-refractivity contribution in [1.82, 2.24) is 4.98 Å². The maximum Gasteiger partial charge on any atom is 0.423 e. The van der Waals surface area contributed by atoms with Gasteiger partial charge in [-0.05, 0) is 19.1 Å². The fraction of sp³-hybridized carbons (Fsp3) is 0.250. The Balaban J connectivity index is 2.23. The number of nitro groups is 1. The first-order valence-electron chi connectivity index (χ1n) is 5.78. The molecule has 1 aromatic carbocycles. The van der Waals surface area contributed by atoms with Gasteiger partial charge < -0.3 is 9.73 Å². The minimum absolute atomic E-state index is 0.0724. The summed E-state index contributed by atoms with van der Waals surface area (Å²) in [6.45, 7) is 1.76. The molecule has 0 aliphatic rings. The Bertz CT molecular complexity index is 667. The number of nitrogens with one attached hydrogen (secondary N) is 1. The minimum atomic E-state index is -4.81. The summed E-state index contributed by atoms with van der Waals surface area (Å²) in [5, 5.41) is 13.3. The van der Waals surface area contributed by atoms with Crippen LogP contribution in [0.5, 0.6) is 0 Å². The van der Waals surface area contributed by atoms with Crippen molar-refractivity contribution in [3.05, 3.63) is 51.7 Å². The summed E-state index contributed by atoms with van der Waals surface area (Å²) in [5.41, 5.74) is -2.20. The maximum atomic E-state index is 12.8. The SMILES string of the molecule is Cc1cnc(CNc2ccc([N+](=O)[O-])c(C(F)(F)F)c2)o1. The standard InChI is InChI=1S/C12H10F3N3O3/c1-7-5-17-11(21-7)6-16-8-2-3-10(18(19)20)9(4-8)12(13,14)15/h2-5,16H,6H2,1H3. The Morgan fingerprint density at radius 2 is 2.14 bits per heavy atom. The van der Waals surface area contributed by atoms with Crippen LogP contribution in [0.2, 0.25) is 0 Å². The average molecular weight is 301 g/mol. The molecule has 6 nitrogen and oxygen atoms in total. The van der Waals surface area contributed by atoms with Crippen LogP contribution >= 0.6 is 0 Å². The number of halogens is 3. The van der Waals surface area contributed by atoms with E-state index in [0.29, 0.717) is 17.7 Å². The second-order valence-corrected chi connectivity index (χ2v) is 4.21. The van der Waals surface area contributed by atoms with Crippen LogP contribution < -0.4 is 5.32 Å². The van der Waals surface area contributed by atoms with Crippen LogP contribution in [0.15, 0.2) is 28.8 Å². The van der Waals surface area contributed by atoms with E-state index in [2.05, 4.69) is 10.3 Å². The summed E-state index contributed by atoms with van der Waals surface area (Å²) in [7, 11) is 0. The Labute approximate surface area is 116 Å². The molecule has 21 heavy (non-hydrogen) atoms. The van der Waals surface area contributed by atoms with Crippen LogP contribution in [0, 0.1) is 17.0 Å². The summed E-state index contributed by atoms with van der Waals surface area (Å²) in [6.07, 6.45) is -3.33. The molecule has 0 aliphatic carbocycles. The van der Waals surface area contributed by atoms with Gasteiger partial charge in [0.25, 0.3) is 5.69 Å². The van der Waals surface area contributed by atoms with Gasteiger partial charge >= 0.3 is 6.18 Å². The molecule has 0 saturated carbocycles. The molecule has 2 aromatic rings. The third-order valence-corrected chi connectivity index (χ3v) is 2.61. The highest BCUT2D eigenvalue weighted by Gasteiger charge is 2.38. The zero-order valence-electron chi connectivity index (χ0n) is 10.8. The van der Waals surface area contributed by atoms with Crippen molar-refractivity contribution >= 4 is 11.4 Å². The number of nitro benzene ring substituents is 1. The highest BCUT2D eigenvalue weighted by Crippen LogP contribution is 2.37. The van der Waals surface area contributed by atoms with Gasteiger partial charge in [-0.15, -0.1) is 0 Å². The highest BCUT2D eigenvalue weighted by atomic mass is 19.4. The summed E-state index contributed by atoms with van der Waals surface area (Å²) in [5.74, 6) is 0.880. The van der Waals surface area contributed by atoms with Gasteiger partial charge in [0, 0.05) is 11.8 Å². The molecular weight excluding hydrogens is 291 g/mol. The predicted octanol–water partition coefficient (Wildman–Crippen LogP) is 3.52. The number of oxazole rings is 1. The molecule has 1 N–H and O–H groups in total. The fourth-order valence-electron chi connectivity index (χ4n) is 1.69. The molecule has 112 valence electrons. The lowest BCUT2D eigenvalue weighted by Crippen LogP contribution is -2.10. The smallest absolute Gasteiger partial charge is 0.423 e. The number of rotatable bonds is 4. The summed E-state index contributed by atoms with van der Waals surface area (Å²) < 4.78 is 43.5. The Morgan fingerprint density at radius 1 is 1.43 bits per heavy atom. The summed E-state index contributed by atoms with van der Waals surface area (Å²) in [4.78, 5) is 13.4. The predicted molar refractivity (Wildman–Crippen MR) is 66.7 cm³/mol. The van der Waals surface area contributed by atoms with E-state index in [0.717, 1.165) is 6.07 Å². The van der Waals surface area contributed by atoms with E-state index in [9.17, 15) is 23.3 Å². The first-order valence-corrected chi connectivity index (χ1v) is 5.78. The second kappa shape index (κ2) is 5.43. The van der Waals surface area contributed by atoms with Gasteiger partial charge in [-0.3, -0.25) is 10.1 Å². The van der Waals surface area contributed by atoms with Crippen LogP contribution in [0.3, 0.4) is 0 Å². The van der Waals surface area contributed by atoms with Gasteiger partial charge in [-0.2, -0.15) is 13.2 Å². The molecule has 0 spiro atoms. The van der Waals surface area contributed by atoms with Crippen molar-refractivity contribution in [2.45, 2.75) is 19.6 Å². The molecule has 0 radical (unpaired) electrons. The number of anilines is 1. The van der Waals surface area contributed by atoms with Crippen molar-refractivity contribution in [3.63, 3.8) is 0 Å². The van der Waals surface area contributed by atoms with Crippen molar-refractivity contribution in [2.75, 3.05) is 5.32 Å². The first-order chi connectivity index (χ1) is 9.77. The van der Waals surface area contributed by atoms with Crippen LogP contribution in [-0.4, -0.2) is 9.91 Å². The molecular formula is C12H10F3N3O3. The summed E-state index contributed by atoms with van der Waals surface area (Å²) >= 11 is 0. The third-order valence-electron chi connectivity index (χ3n) is 2.61. The molecule has 0 unspecified atom stereocenters. The lowest BCUT2D eigenvalue weighted by Gasteiger charge is -2.10. The van der Waals surface area contributed by atoms with Gasteiger partial charge in [0.2, 0.25) is 5.89 Å². The van der Waals surface area contributed by atoms with Crippen LogP contribution in [-0.2, 0) is 12.7 Å². The molecule has 0 aliphatic heterocycles. The Morgan fingerprint density at radius 3 is 2.67 bits per heavy atom. The normalized spacial score (nSPS) is 11.4. The zero-order valence-corrected chi connectivity index (χ0v) is 10.8. The number of hydrogen-bond donors (Lipinski definition) is 1. The molecule has 0 atom stereocenters. The topological polar surface area (TPSA) is 81.2 Å². The zero-order chi connectivity index (χ0) is 15.6. The van der Waals surface area contributed by atoms with Gasteiger partial charge in [0.05, 0.1) is 17.7 Å². The molecule has 0 bridgehead atoms. The fourth-order valence-corrected chi connectivity index (χ4v) is 1.69. The largest absolute Gasteiger partial charge is 0.444 e. The van der Waals surface area contributed by atoms with Gasteiger partial charge in [0.15, 0.2) is 0 Å². The monoisotopic (exact) mass is 301 g/mol. The van der Waals surface area contributed by atoms with E-state index in [4.69, 9.17) is 4.42 Å². The highest BCUT2D eigenvalue weighted by molar-refractivity contribution is 5.55. The number of benzene rings is 1. The van der Waals surface area contributed by atoms with E-state index in [1.54, 1.807) is 6.92 Å². The second-order valence-electron chi connectivity index (χ2n) is 4.21. The molecule has 2 rings (SSSR count). The third kappa shape index (κ3) is 3.50. The van der Waals surface area contributed by atoms with E-state index in [1.807, 2.05) is 0 Å². The average Bonchev–Trinajstić information content (AvgIpc) is 2.81. The van der Waals surface area contributed by atoms with E-state index in [-0.39, 0.29) is 12.2 Å². The van der Waals surface area contributed by atoms with Crippen LogP contribution in [0.4, 0.5) is 24.5 Å². The Hall–Kier alpha value is -2.58. The van der Waals surface area contributed by atoms with E-state index in [1.165, 1.54) is 12.3 Å². The first kappa shape index (κ1) is 14.8. The molecule has 0 saturated heterocycles. The molecule has 1 heterocycles. The quantitative estimate of drug-likeness (QED) is 0.690. The van der Waals surface area contributed by atoms with Crippen molar-refractivity contribution in [3.8, 4) is 0 Å². The number of aryl methyl sites for hydroxylation is 1.